The van der Waals surface area contributed by atoms with E-state index < -0.39 is 0 Å². The lowest BCUT2D eigenvalue weighted by Crippen LogP contribution is -2.14. The van der Waals surface area contributed by atoms with Gasteiger partial charge in [-0.05, 0) is 54.4 Å². The molecule has 82 valence electrons. The molecule has 15 heavy (non-hydrogen) atoms. The predicted octanol–water partition coefficient (Wildman–Crippen LogP) is 4.19. The Hall–Kier alpha value is -0.520. The zero-order valence-electron chi connectivity index (χ0n) is 10.4. The van der Waals surface area contributed by atoms with Gasteiger partial charge in [0.05, 0.1) is 0 Å². The lowest BCUT2D eigenvalue weighted by atomic mass is 9.83. The summed E-state index contributed by atoms with van der Waals surface area (Å²) in [5.41, 5.74) is 3.88. The molecule has 0 aromatic heterocycles. The van der Waals surface area contributed by atoms with E-state index in [1.807, 2.05) is 0 Å². The topological polar surface area (TPSA) is 0 Å². The lowest BCUT2D eigenvalue weighted by molar-refractivity contribution is 0.354. The maximum absolute atomic E-state index is 2.51. The zero-order valence-corrected chi connectivity index (χ0v) is 10.4. The van der Waals surface area contributed by atoms with E-state index in [1.165, 1.54) is 12.8 Å². The molecule has 0 heterocycles. The molecule has 0 heteroatoms. The Morgan fingerprint density at radius 1 is 1.20 bits per heavy atom. The second-order valence-corrected chi connectivity index (χ2v) is 6.47. The van der Waals surface area contributed by atoms with Gasteiger partial charge >= 0.3 is 0 Å². The van der Waals surface area contributed by atoms with Crippen molar-refractivity contribution in [2.45, 2.75) is 40.5 Å². The van der Waals surface area contributed by atoms with Crippen LogP contribution in [0.4, 0.5) is 0 Å². The second kappa shape index (κ2) is 2.78. The third-order valence-corrected chi connectivity index (χ3v) is 5.34. The van der Waals surface area contributed by atoms with Crippen molar-refractivity contribution < 1.29 is 0 Å². The number of allylic oxidation sites excluding steroid dienone is 4. The minimum Gasteiger partial charge on any atom is -0.0810 e. The first kappa shape index (κ1) is 9.69. The van der Waals surface area contributed by atoms with Gasteiger partial charge in [0, 0.05) is 0 Å². The molecule has 0 nitrogen and oxygen atoms in total. The first-order valence-corrected chi connectivity index (χ1v) is 6.40. The van der Waals surface area contributed by atoms with Crippen LogP contribution in [-0.2, 0) is 0 Å². The fourth-order valence-electron chi connectivity index (χ4n) is 4.24. The van der Waals surface area contributed by atoms with Gasteiger partial charge in [-0.2, -0.15) is 0 Å². The van der Waals surface area contributed by atoms with Crippen molar-refractivity contribution in [1.82, 2.24) is 0 Å². The first-order valence-electron chi connectivity index (χ1n) is 6.40. The molecule has 0 N–H and O–H groups in total. The molecule has 4 atom stereocenters. The molecule has 0 saturated heterocycles. The third kappa shape index (κ3) is 1.14. The van der Waals surface area contributed by atoms with Crippen LogP contribution in [0.25, 0.3) is 0 Å². The van der Waals surface area contributed by atoms with Crippen LogP contribution in [0.1, 0.15) is 40.5 Å². The van der Waals surface area contributed by atoms with Crippen molar-refractivity contribution in [3.8, 4) is 0 Å². The molecule has 3 aliphatic carbocycles. The Morgan fingerprint density at radius 3 is 2.67 bits per heavy atom. The van der Waals surface area contributed by atoms with Gasteiger partial charge in [-0.3, -0.25) is 0 Å². The Kier molecular flexibility index (Phi) is 1.80. The predicted molar refractivity (Wildman–Crippen MR) is 64.5 cm³/mol. The van der Waals surface area contributed by atoms with Crippen molar-refractivity contribution in [3.05, 3.63) is 23.3 Å². The smallest absolute Gasteiger partial charge is 0.00974 e. The van der Waals surface area contributed by atoms with Crippen LogP contribution in [0, 0.1) is 29.1 Å². The number of hydrogen-bond acceptors (Lipinski definition) is 0. The van der Waals surface area contributed by atoms with Crippen LogP contribution >= 0.6 is 0 Å². The molecule has 0 unspecified atom stereocenters. The van der Waals surface area contributed by atoms with Crippen LogP contribution < -0.4 is 0 Å². The van der Waals surface area contributed by atoms with Gasteiger partial charge in [0.1, 0.15) is 0 Å². The minimum atomic E-state index is 0.611. The first-order chi connectivity index (χ1) is 7.03. The van der Waals surface area contributed by atoms with E-state index in [9.17, 15) is 0 Å². The largest absolute Gasteiger partial charge is 0.0810 e. The Bertz CT molecular complexity index is 356. The molecule has 0 radical (unpaired) electrons. The Balaban J connectivity index is 2.02. The van der Waals surface area contributed by atoms with E-state index in [-0.39, 0.29) is 0 Å². The van der Waals surface area contributed by atoms with Crippen LogP contribution in [0.2, 0.25) is 0 Å². The molecule has 0 spiro atoms. The van der Waals surface area contributed by atoms with Gasteiger partial charge in [-0.25, -0.2) is 0 Å². The van der Waals surface area contributed by atoms with Crippen LogP contribution in [0.15, 0.2) is 23.3 Å². The summed E-state index contributed by atoms with van der Waals surface area (Å²) in [5, 5.41) is 0. The van der Waals surface area contributed by atoms with Crippen molar-refractivity contribution >= 4 is 0 Å². The van der Waals surface area contributed by atoms with Gasteiger partial charge in [-0.1, -0.05) is 38.5 Å². The monoisotopic (exact) mass is 202 g/mol. The van der Waals surface area contributed by atoms with Gasteiger partial charge in [0.25, 0.3) is 0 Å². The number of rotatable bonds is 0. The summed E-state index contributed by atoms with van der Waals surface area (Å²) >= 11 is 0. The lowest BCUT2D eigenvalue weighted by Gasteiger charge is -2.22. The average molecular weight is 202 g/mol. The quantitative estimate of drug-likeness (QED) is 0.552. The molecule has 0 aromatic rings. The highest BCUT2D eigenvalue weighted by Gasteiger charge is 2.62. The highest BCUT2D eigenvalue weighted by atomic mass is 14.7. The summed E-state index contributed by atoms with van der Waals surface area (Å²) in [5.74, 6) is 3.69. The van der Waals surface area contributed by atoms with E-state index in [1.54, 1.807) is 11.1 Å². The van der Waals surface area contributed by atoms with E-state index in [0.29, 0.717) is 5.41 Å². The summed E-state index contributed by atoms with van der Waals surface area (Å²) in [6.07, 6.45) is 7.64. The summed E-state index contributed by atoms with van der Waals surface area (Å²) in [6, 6.07) is 0. The molecule has 0 bridgehead atoms. The fourth-order valence-corrected chi connectivity index (χ4v) is 4.24. The fraction of sp³-hybridized carbons (Fsp3) is 0.733. The minimum absolute atomic E-state index is 0.611. The molecular weight excluding hydrogens is 180 g/mol. The van der Waals surface area contributed by atoms with Crippen molar-refractivity contribution in [2.75, 3.05) is 0 Å². The highest BCUT2D eigenvalue weighted by molar-refractivity contribution is 5.40. The molecule has 1 saturated carbocycles. The Morgan fingerprint density at radius 2 is 1.93 bits per heavy atom. The molecule has 3 aliphatic rings. The summed E-state index contributed by atoms with van der Waals surface area (Å²) < 4.78 is 0. The molecule has 0 aromatic carbocycles. The number of fused-ring (bicyclic) bond motifs is 3. The van der Waals surface area contributed by atoms with E-state index in [4.69, 9.17) is 0 Å². The van der Waals surface area contributed by atoms with Gasteiger partial charge in [0.2, 0.25) is 0 Å². The summed E-state index contributed by atoms with van der Waals surface area (Å²) in [6.45, 7) is 9.70. The molecule has 3 rings (SSSR count). The van der Waals surface area contributed by atoms with Gasteiger partial charge < -0.3 is 0 Å². The maximum atomic E-state index is 2.51. The van der Waals surface area contributed by atoms with Crippen molar-refractivity contribution in [2.24, 2.45) is 29.1 Å². The molecule has 0 aliphatic heterocycles. The van der Waals surface area contributed by atoms with Crippen LogP contribution in [-0.4, -0.2) is 0 Å². The van der Waals surface area contributed by atoms with E-state index in [0.717, 1.165) is 23.7 Å². The Labute approximate surface area is 93.5 Å². The second-order valence-electron chi connectivity index (χ2n) is 6.47. The summed E-state index contributed by atoms with van der Waals surface area (Å²) in [4.78, 5) is 0. The molecule has 1 fully saturated rings. The highest BCUT2D eigenvalue weighted by Crippen LogP contribution is 2.68. The van der Waals surface area contributed by atoms with Crippen molar-refractivity contribution in [3.63, 3.8) is 0 Å². The standard InChI is InChI=1S/C15H22/c1-9-6-8-12-14(15(12,3)4)13-10(2)5-7-11(9)13/h6-7,10,12-14H,5,8H2,1-4H3/t10-,12-,13-,14-/m1/s1. The normalized spacial score (nSPS) is 46.1. The zero-order chi connectivity index (χ0) is 10.8. The number of hydrogen-bond donors (Lipinski definition) is 0. The van der Waals surface area contributed by atoms with Crippen LogP contribution in [0.5, 0.6) is 0 Å². The van der Waals surface area contributed by atoms with E-state index >= 15 is 0 Å². The average Bonchev–Trinajstić information content (AvgIpc) is 2.55. The van der Waals surface area contributed by atoms with Gasteiger partial charge in [0.15, 0.2) is 0 Å². The van der Waals surface area contributed by atoms with Crippen LogP contribution in [0.3, 0.4) is 0 Å². The SMILES string of the molecule is CC1=CC[C@@H]2[C@H]([C@H]3C1=CC[C@H]3C)C2(C)C. The summed E-state index contributed by atoms with van der Waals surface area (Å²) in [7, 11) is 0. The van der Waals surface area contributed by atoms with E-state index in [2.05, 4.69) is 39.8 Å². The van der Waals surface area contributed by atoms with Crippen molar-refractivity contribution in [1.29, 1.82) is 0 Å². The maximum Gasteiger partial charge on any atom is -0.00974 e. The third-order valence-electron chi connectivity index (χ3n) is 5.34. The molecule has 0 amide bonds. The molecular formula is C15H22. The van der Waals surface area contributed by atoms with Gasteiger partial charge in [-0.15, -0.1) is 0 Å².